The van der Waals surface area contributed by atoms with Gasteiger partial charge >= 0.3 is 0 Å². The van der Waals surface area contributed by atoms with E-state index in [0.717, 1.165) is 6.07 Å². The van der Waals surface area contributed by atoms with Gasteiger partial charge in [-0.3, -0.25) is 4.79 Å². The van der Waals surface area contributed by atoms with E-state index in [1.165, 1.54) is 24.5 Å². The quantitative estimate of drug-likeness (QED) is 0.424. The Labute approximate surface area is 233 Å². The van der Waals surface area contributed by atoms with Gasteiger partial charge in [-0.2, -0.15) is 0 Å². The number of hydrogen-bond acceptors (Lipinski definition) is 8. The van der Waals surface area contributed by atoms with Crippen molar-refractivity contribution in [2.75, 3.05) is 37.0 Å². The number of carbonyl (C=O) groups is 1. The van der Waals surface area contributed by atoms with E-state index in [0.29, 0.717) is 18.5 Å². The molecule has 40 heavy (non-hydrogen) atoms. The van der Waals surface area contributed by atoms with Crippen LogP contribution in [0.1, 0.15) is 28.9 Å². The average Bonchev–Trinajstić information content (AvgIpc) is 3.58. The fourth-order valence-electron chi connectivity index (χ4n) is 4.47. The first-order valence-electron chi connectivity index (χ1n) is 12.4. The third-order valence-electron chi connectivity index (χ3n) is 6.92. The number of amidine groups is 1. The molecule has 3 heterocycles. The molecular formula is C27H25ClF3N5O4. The van der Waals surface area contributed by atoms with Gasteiger partial charge in [0.25, 0.3) is 11.9 Å². The monoisotopic (exact) mass is 575 g/mol. The molecule has 1 saturated heterocycles. The predicted molar refractivity (Wildman–Crippen MR) is 142 cm³/mol. The molecule has 2 aromatic carbocycles. The van der Waals surface area contributed by atoms with Crippen LogP contribution in [0, 0.1) is 5.82 Å². The zero-order valence-electron chi connectivity index (χ0n) is 21.0. The minimum absolute atomic E-state index is 0. The van der Waals surface area contributed by atoms with Gasteiger partial charge in [0.05, 0.1) is 32.2 Å². The molecule has 2 N–H and O–H groups in total. The first kappa shape index (κ1) is 27.7. The molecule has 210 valence electrons. The van der Waals surface area contributed by atoms with Gasteiger partial charge in [0, 0.05) is 16.9 Å². The Morgan fingerprint density at radius 2 is 1.82 bits per heavy atom. The van der Waals surface area contributed by atoms with E-state index in [1.54, 1.807) is 12.1 Å². The van der Waals surface area contributed by atoms with E-state index < -0.39 is 28.7 Å². The van der Waals surface area contributed by atoms with Gasteiger partial charge in [0.15, 0.2) is 5.67 Å². The van der Waals surface area contributed by atoms with Crippen molar-refractivity contribution in [3.8, 4) is 5.88 Å². The number of nitrogens with zero attached hydrogens (tertiary/aromatic N) is 3. The number of nitrogens with one attached hydrogen (secondary N) is 2. The molecule has 13 heteroatoms. The van der Waals surface area contributed by atoms with Crippen LogP contribution in [0.4, 0.5) is 24.5 Å². The van der Waals surface area contributed by atoms with E-state index in [2.05, 4.69) is 25.6 Å². The van der Waals surface area contributed by atoms with Crippen LogP contribution in [0.25, 0.3) is 0 Å². The van der Waals surface area contributed by atoms with Crippen molar-refractivity contribution in [3.63, 3.8) is 0 Å². The topological polar surface area (TPSA) is 107 Å². The highest BCUT2D eigenvalue weighted by molar-refractivity contribution is 6.02. The van der Waals surface area contributed by atoms with Crippen LogP contribution in [0.5, 0.6) is 5.88 Å². The van der Waals surface area contributed by atoms with Gasteiger partial charge in [-0.05, 0) is 43.2 Å². The summed E-state index contributed by atoms with van der Waals surface area (Å²) in [6.07, 6.45) is 3.30. The second kappa shape index (κ2) is 10.6. The van der Waals surface area contributed by atoms with Gasteiger partial charge in [0.1, 0.15) is 23.8 Å². The zero-order valence-corrected chi connectivity index (χ0v) is 21.8. The summed E-state index contributed by atoms with van der Waals surface area (Å²) < 4.78 is 61.8. The highest BCUT2D eigenvalue weighted by Crippen LogP contribution is 2.48. The summed E-state index contributed by atoms with van der Waals surface area (Å²) in [6.45, 7) is -1.03. The van der Waals surface area contributed by atoms with Crippen LogP contribution in [0.3, 0.4) is 0 Å². The molecule has 1 aromatic heterocycles. The molecule has 0 radical (unpaired) electrons. The number of para-hydroxylation sites is 1. The van der Waals surface area contributed by atoms with Gasteiger partial charge in [-0.15, -0.1) is 12.4 Å². The van der Waals surface area contributed by atoms with Crippen LogP contribution in [0.15, 0.2) is 65.9 Å². The Kier molecular flexibility index (Phi) is 7.32. The molecule has 1 saturated carbocycles. The lowest BCUT2D eigenvalue weighted by Gasteiger charge is -2.41. The lowest BCUT2D eigenvalue weighted by molar-refractivity contribution is -0.0705. The second-order valence-corrected chi connectivity index (χ2v) is 9.83. The summed E-state index contributed by atoms with van der Waals surface area (Å²) in [5.41, 5.74) is -4.63. The van der Waals surface area contributed by atoms with Crippen LogP contribution < -0.4 is 15.4 Å². The standard InChI is InChI=1S/C27H24F3N5O4.ClH/c28-20-7-6-18(34-23(36)21-11-32-22(12-31-21)38-14-25(29)8-9-25)10-19(20)27-16-37-15-26(27,30)13-33-24(39-27)35-17-4-2-1-3-5-17;/h1-7,10-12H,8-9,13-16H2,(H,33,35)(H,34,36);1H/t26-,27-;/m1./s1. The maximum atomic E-state index is 16.1. The number of alkyl halides is 2. The van der Waals surface area contributed by atoms with Crippen LogP contribution >= 0.6 is 12.4 Å². The fraction of sp³-hybridized carbons (Fsp3) is 0.333. The molecule has 0 bridgehead atoms. The first-order chi connectivity index (χ1) is 18.8. The summed E-state index contributed by atoms with van der Waals surface area (Å²) >= 11 is 0. The largest absolute Gasteiger partial charge is 0.473 e. The highest BCUT2D eigenvalue weighted by Gasteiger charge is 2.64. The van der Waals surface area contributed by atoms with E-state index in [9.17, 15) is 9.18 Å². The summed E-state index contributed by atoms with van der Waals surface area (Å²) in [4.78, 5) is 25.0. The average molecular weight is 576 g/mol. The van der Waals surface area contributed by atoms with Gasteiger partial charge in [0.2, 0.25) is 11.5 Å². The molecule has 1 amide bonds. The Morgan fingerprint density at radius 3 is 2.55 bits per heavy atom. The maximum Gasteiger partial charge on any atom is 0.290 e. The smallest absolute Gasteiger partial charge is 0.290 e. The van der Waals surface area contributed by atoms with Crippen LogP contribution in [0.2, 0.25) is 0 Å². The molecule has 6 rings (SSSR count). The number of benzene rings is 2. The molecule has 0 spiro atoms. The number of halogens is 4. The number of aromatic nitrogens is 2. The molecule has 2 atom stereocenters. The summed E-state index contributed by atoms with van der Waals surface area (Å²) in [7, 11) is 0. The Bertz CT molecular complexity index is 1430. The number of rotatable bonds is 7. The molecule has 2 fully saturated rings. The zero-order chi connectivity index (χ0) is 27.1. The number of amides is 1. The molecule has 2 aliphatic heterocycles. The maximum absolute atomic E-state index is 16.1. The Balaban J connectivity index is 0.00000323. The van der Waals surface area contributed by atoms with Gasteiger partial charge in [-0.1, -0.05) is 18.2 Å². The van der Waals surface area contributed by atoms with Crippen molar-refractivity contribution in [3.05, 3.63) is 78.0 Å². The van der Waals surface area contributed by atoms with Crippen molar-refractivity contribution < 1.29 is 32.2 Å². The van der Waals surface area contributed by atoms with Crippen molar-refractivity contribution in [2.45, 2.75) is 29.8 Å². The molecule has 9 nitrogen and oxygen atoms in total. The lowest BCUT2D eigenvalue weighted by Crippen LogP contribution is -2.56. The highest BCUT2D eigenvalue weighted by atomic mass is 35.5. The van der Waals surface area contributed by atoms with Crippen LogP contribution in [-0.4, -0.2) is 59.6 Å². The van der Waals surface area contributed by atoms with E-state index in [-0.39, 0.29) is 67.6 Å². The first-order valence-corrected chi connectivity index (χ1v) is 12.4. The fourth-order valence-corrected chi connectivity index (χ4v) is 4.47. The molecular weight excluding hydrogens is 551 g/mol. The number of hydrogen-bond donors (Lipinski definition) is 2. The van der Waals surface area contributed by atoms with E-state index in [1.807, 2.05) is 18.2 Å². The molecule has 3 aromatic rings. The van der Waals surface area contributed by atoms with E-state index >= 15 is 8.78 Å². The number of fused-ring (bicyclic) bond motifs is 1. The summed E-state index contributed by atoms with van der Waals surface area (Å²) in [6, 6.07) is 12.8. The third kappa shape index (κ3) is 5.28. The lowest BCUT2D eigenvalue weighted by atomic mass is 9.80. The normalized spacial score (nSPS) is 24.0. The van der Waals surface area contributed by atoms with Gasteiger partial charge in [-0.25, -0.2) is 28.1 Å². The number of aliphatic imine (C=N–C) groups is 1. The minimum Gasteiger partial charge on any atom is -0.473 e. The Hall–Kier alpha value is -3.90. The van der Waals surface area contributed by atoms with Crippen molar-refractivity contribution in [1.29, 1.82) is 0 Å². The summed E-state index contributed by atoms with van der Waals surface area (Å²) in [5, 5.41) is 5.60. The van der Waals surface area contributed by atoms with Crippen molar-refractivity contribution in [1.82, 2.24) is 9.97 Å². The van der Waals surface area contributed by atoms with Crippen molar-refractivity contribution >= 4 is 35.7 Å². The Morgan fingerprint density at radius 1 is 1.02 bits per heavy atom. The molecule has 3 aliphatic rings. The number of anilines is 2. The van der Waals surface area contributed by atoms with Crippen molar-refractivity contribution in [2.24, 2.45) is 4.99 Å². The summed E-state index contributed by atoms with van der Waals surface area (Å²) in [5.74, 6) is -1.28. The SMILES string of the molecule is Cl.O=C(Nc1ccc(F)c([C@]23COC[C@]2(F)CN=C(Nc2ccccc2)O3)c1)c1cnc(OCC2(F)CC2)cn1. The van der Waals surface area contributed by atoms with Gasteiger partial charge < -0.3 is 24.8 Å². The molecule has 1 aliphatic carbocycles. The van der Waals surface area contributed by atoms with Crippen LogP contribution in [-0.2, 0) is 15.1 Å². The van der Waals surface area contributed by atoms with E-state index in [4.69, 9.17) is 14.2 Å². The third-order valence-corrected chi connectivity index (χ3v) is 6.92. The molecule has 0 unspecified atom stereocenters. The predicted octanol–water partition coefficient (Wildman–Crippen LogP) is 4.60. The minimum atomic E-state index is -2.14. The number of carbonyl (C=O) groups excluding carboxylic acids is 1. The second-order valence-electron chi connectivity index (χ2n) is 9.83. The number of ether oxygens (including phenoxy) is 3.